The molecule has 29 heavy (non-hydrogen) atoms. The molecule has 1 N–H and O–H groups in total. The maximum atomic E-state index is 12.8. The van der Waals surface area contributed by atoms with Gasteiger partial charge in [-0.1, -0.05) is 44.5 Å². The molecule has 0 bridgehead atoms. The van der Waals surface area contributed by atoms with Crippen molar-refractivity contribution in [3.05, 3.63) is 52.5 Å². The van der Waals surface area contributed by atoms with E-state index >= 15 is 0 Å². The van der Waals surface area contributed by atoms with Crippen molar-refractivity contribution >= 4 is 38.9 Å². The van der Waals surface area contributed by atoms with E-state index in [2.05, 4.69) is 5.32 Å². The van der Waals surface area contributed by atoms with Gasteiger partial charge in [0, 0.05) is 10.7 Å². The van der Waals surface area contributed by atoms with Gasteiger partial charge in [0.15, 0.2) is 6.10 Å². The standard InChI is InChI=1S/C21H25ClN2O4S/c1-13-15(22)7-6-8-16(13)23-20(25)19-12-24(29(5,26)27)17-11-14(21(2,3)4)9-10-18(17)28-19/h6-11,19H,12H2,1-5H3,(H,23,25). The van der Waals surface area contributed by atoms with E-state index in [-0.39, 0.29) is 12.0 Å². The number of amides is 1. The van der Waals surface area contributed by atoms with Gasteiger partial charge in [0.05, 0.1) is 18.5 Å². The summed E-state index contributed by atoms with van der Waals surface area (Å²) in [5.41, 5.74) is 2.56. The van der Waals surface area contributed by atoms with Crippen molar-refractivity contribution in [2.45, 2.75) is 39.2 Å². The molecule has 0 aliphatic carbocycles. The molecule has 1 amide bonds. The van der Waals surface area contributed by atoms with Crippen molar-refractivity contribution in [1.29, 1.82) is 0 Å². The van der Waals surface area contributed by atoms with Gasteiger partial charge in [-0.25, -0.2) is 8.42 Å². The van der Waals surface area contributed by atoms with Crippen LogP contribution in [0.4, 0.5) is 11.4 Å². The molecule has 0 spiro atoms. The van der Waals surface area contributed by atoms with Gasteiger partial charge >= 0.3 is 0 Å². The van der Waals surface area contributed by atoms with Crippen molar-refractivity contribution in [1.82, 2.24) is 0 Å². The fraction of sp³-hybridized carbons (Fsp3) is 0.381. The normalized spacial score (nSPS) is 16.8. The Kier molecular flexibility index (Phi) is 5.58. The summed E-state index contributed by atoms with van der Waals surface area (Å²) in [5, 5.41) is 3.32. The lowest BCUT2D eigenvalue weighted by atomic mass is 9.86. The summed E-state index contributed by atoms with van der Waals surface area (Å²) in [6.07, 6.45) is 0.137. The van der Waals surface area contributed by atoms with E-state index in [4.69, 9.17) is 16.3 Å². The van der Waals surface area contributed by atoms with Gasteiger partial charge in [-0.15, -0.1) is 0 Å². The van der Waals surface area contributed by atoms with Gasteiger partial charge in [-0.2, -0.15) is 0 Å². The van der Waals surface area contributed by atoms with E-state index in [0.717, 1.165) is 17.4 Å². The summed E-state index contributed by atoms with van der Waals surface area (Å²) < 4.78 is 32.0. The number of anilines is 2. The third-order valence-corrected chi connectivity index (χ3v) is 6.47. The SMILES string of the molecule is Cc1c(Cl)cccc1NC(=O)C1CN(S(C)(=O)=O)c2cc(C(C)(C)C)ccc2O1. The predicted molar refractivity (Wildman–Crippen MR) is 117 cm³/mol. The Balaban J connectivity index is 1.94. The second-order valence-electron chi connectivity index (χ2n) is 8.23. The Morgan fingerprint density at radius 2 is 1.93 bits per heavy atom. The van der Waals surface area contributed by atoms with Crippen LogP contribution in [0.5, 0.6) is 5.75 Å². The number of hydrogen-bond donors (Lipinski definition) is 1. The molecule has 8 heteroatoms. The Morgan fingerprint density at radius 1 is 1.24 bits per heavy atom. The van der Waals surface area contributed by atoms with Crippen LogP contribution in [0.2, 0.25) is 5.02 Å². The van der Waals surface area contributed by atoms with Crippen LogP contribution >= 0.6 is 11.6 Å². The average Bonchev–Trinajstić information content (AvgIpc) is 2.62. The Labute approximate surface area is 176 Å². The molecule has 1 heterocycles. The highest BCUT2D eigenvalue weighted by Gasteiger charge is 2.36. The Morgan fingerprint density at radius 3 is 2.55 bits per heavy atom. The first-order valence-electron chi connectivity index (χ1n) is 9.23. The monoisotopic (exact) mass is 436 g/mol. The van der Waals surface area contributed by atoms with Gasteiger partial charge in [0.1, 0.15) is 5.75 Å². The van der Waals surface area contributed by atoms with E-state index in [1.54, 1.807) is 31.2 Å². The largest absolute Gasteiger partial charge is 0.476 e. The first-order valence-corrected chi connectivity index (χ1v) is 11.5. The second-order valence-corrected chi connectivity index (χ2v) is 10.5. The maximum Gasteiger partial charge on any atom is 0.267 e. The highest BCUT2D eigenvalue weighted by molar-refractivity contribution is 7.92. The molecule has 0 saturated carbocycles. The van der Waals surface area contributed by atoms with Crippen molar-refractivity contribution in [3.8, 4) is 5.75 Å². The molecule has 0 fully saturated rings. The van der Waals surface area contributed by atoms with Crippen LogP contribution in [0.1, 0.15) is 31.9 Å². The Bertz CT molecular complexity index is 1060. The second kappa shape index (κ2) is 7.54. The van der Waals surface area contributed by atoms with Crippen molar-refractivity contribution in [2.75, 3.05) is 22.4 Å². The van der Waals surface area contributed by atoms with E-state index in [9.17, 15) is 13.2 Å². The molecule has 6 nitrogen and oxygen atoms in total. The number of carbonyl (C=O) groups is 1. The first kappa shape index (κ1) is 21.5. The molecule has 1 aliphatic heterocycles. The molecule has 1 atom stereocenters. The quantitative estimate of drug-likeness (QED) is 0.785. The summed E-state index contributed by atoms with van der Waals surface area (Å²) in [4.78, 5) is 12.8. The lowest BCUT2D eigenvalue weighted by Gasteiger charge is -2.35. The zero-order valence-corrected chi connectivity index (χ0v) is 18.7. The number of nitrogens with one attached hydrogen (secondary N) is 1. The van der Waals surface area contributed by atoms with Crippen LogP contribution in [-0.4, -0.2) is 33.2 Å². The van der Waals surface area contributed by atoms with E-state index in [1.807, 2.05) is 32.9 Å². The summed E-state index contributed by atoms with van der Waals surface area (Å²) in [7, 11) is -3.60. The van der Waals surface area contributed by atoms with E-state index in [1.165, 1.54) is 4.31 Å². The van der Waals surface area contributed by atoms with Crippen LogP contribution in [0.25, 0.3) is 0 Å². The lowest BCUT2D eigenvalue weighted by Crippen LogP contribution is -2.48. The number of benzene rings is 2. The maximum absolute atomic E-state index is 12.8. The molecule has 0 aromatic heterocycles. The first-order chi connectivity index (χ1) is 13.4. The fourth-order valence-electron chi connectivity index (χ4n) is 3.12. The van der Waals surface area contributed by atoms with Crippen LogP contribution in [0.3, 0.4) is 0 Å². The van der Waals surface area contributed by atoms with Crippen LogP contribution in [0, 0.1) is 6.92 Å². The topological polar surface area (TPSA) is 75.7 Å². The predicted octanol–water partition coefficient (Wildman–Crippen LogP) is 4.11. The van der Waals surface area contributed by atoms with Gasteiger partial charge in [-0.05, 0) is 47.7 Å². The van der Waals surface area contributed by atoms with Crippen LogP contribution in [0.15, 0.2) is 36.4 Å². The number of rotatable bonds is 3. The minimum absolute atomic E-state index is 0.106. The minimum atomic E-state index is -3.60. The lowest BCUT2D eigenvalue weighted by molar-refractivity contribution is -0.122. The molecule has 156 valence electrons. The van der Waals surface area contributed by atoms with E-state index in [0.29, 0.717) is 22.1 Å². The summed E-state index contributed by atoms with van der Waals surface area (Å²) >= 11 is 6.11. The number of fused-ring (bicyclic) bond motifs is 1. The summed E-state index contributed by atoms with van der Waals surface area (Å²) in [6.45, 7) is 7.84. The Hall–Kier alpha value is -2.25. The number of nitrogens with zero attached hydrogens (tertiary/aromatic N) is 1. The molecule has 3 rings (SSSR count). The molecule has 2 aromatic carbocycles. The molecule has 1 unspecified atom stereocenters. The highest BCUT2D eigenvalue weighted by atomic mass is 35.5. The number of ether oxygens (including phenoxy) is 1. The van der Waals surface area contributed by atoms with Gasteiger partial charge < -0.3 is 10.1 Å². The zero-order valence-electron chi connectivity index (χ0n) is 17.1. The van der Waals surface area contributed by atoms with Crippen LogP contribution < -0.4 is 14.4 Å². The van der Waals surface area contributed by atoms with Crippen molar-refractivity contribution in [2.24, 2.45) is 0 Å². The third-order valence-electron chi connectivity index (χ3n) is 4.91. The zero-order chi connectivity index (χ0) is 21.6. The number of sulfonamides is 1. The summed E-state index contributed by atoms with van der Waals surface area (Å²) in [6, 6.07) is 10.6. The fourth-order valence-corrected chi connectivity index (χ4v) is 4.21. The minimum Gasteiger partial charge on any atom is -0.476 e. The van der Waals surface area contributed by atoms with Crippen molar-refractivity contribution < 1.29 is 17.9 Å². The number of carbonyl (C=O) groups excluding carboxylic acids is 1. The number of hydrogen-bond acceptors (Lipinski definition) is 4. The smallest absolute Gasteiger partial charge is 0.267 e. The van der Waals surface area contributed by atoms with E-state index < -0.39 is 22.0 Å². The average molecular weight is 437 g/mol. The number of halogens is 1. The molecule has 1 aliphatic rings. The molecule has 0 saturated heterocycles. The molecular weight excluding hydrogens is 412 g/mol. The van der Waals surface area contributed by atoms with Crippen LogP contribution in [-0.2, 0) is 20.2 Å². The molecule has 0 radical (unpaired) electrons. The van der Waals surface area contributed by atoms with Gasteiger partial charge in [0.25, 0.3) is 5.91 Å². The van der Waals surface area contributed by atoms with Crippen molar-refractivity contribution in [3.63, 3.8) is 0 Å². The third kappa shape index (κ3) is 4.51. The highest BCUT2D eigenvalue weighted by Crippen LogP contribution is 2.38. The van der Waals surface area contributed by atoms with Gasteiger partial charge in [-0.3, -0.25) is 9.10 Å². The summed E-state index contributed by atoms with van der Waals surface area (Å²) in [5.74, 6) is -0.0767. The molecule has 2 aromatic rings. The van der Waals surface area contributed by atoms with Gasteiger partial charge in [0.2, 0.25) is 10.0 Å². The molecular formula is C21H25ClN2O4S.